The zero-order chi connectivity index (χ0) is 23.3. The molecule has 0 radical (unpaired) electrons. The van der Waals surface area contributed by atoms with E-state index in [0.717, 1.165) is 21.2 Å². The van der Waals surface area contributed by atoms with Gasteiger partial charge in [0.05, 0.1) is 19.8 Å². The molecule has 4 rings (SSSR count). The lowest BCUT2D eigenvalue weighted by Gasteiger charge is -2.47. The second-order valence-electron chi connectivity index (χ2n) is 8.31. The van der Waals surface area contributed by atoms with Crippen molar-refractivity contribution in [2.24, 2.45) is 0 Å². The molecule has 2 atom stereocenters. The molecule has 0 aliphatic carbocycles. The van der Waals surface area contributed by atoms with E-state index in [9.17, 15) is 4.79 Å². The van der Waals surface area contributed by atoms with Gasteiger partial charge in [-0.2, -0.15) is 0 Å². The van der Waals surface area contributed by atoms with Crippen molar-refractivity contribution in [2.75, 3.05) is 13.1 Å². The monoisotopic (exact) mass is 527 g/mol. The minimum atomic E-state index is -0.707. The number of hydrogen-bond acceptors (Lipinski definition) is 3. The molecule has 3 aromatic carbocycles. The number of rotatable bonds is 7. The Morgan fingerprint density at radius 2 is 1.67 bits per heavy atom. The Morgan fingerprint density at radius 1 is 1.00 bits per heavy atom. The van der Waals surface area contributed by atoms with Crippen molar-refractivity contribution >= 4 is 33.4 Å². The van der Waals surface area contributed by atoms with Crippen molar-refractivity contribution in [3.05, 3.63) is 105 Å². The number of halogens is 2. The fourth-order valence-electron chi connectivity index (χ4n) is 4.25. The van der Waals surface area contributed by atoms with Crippen LogP contribution in [0.15, 0.2) is 83.3 Å². The molecule has 1 saturated heterocycles. The van der Waals surface area contributed by atoms with Gasteiger partial charge in [-0.3, -0.25) is 4.79 Å². The summed E-state index contributed by atoms with van der Waals surface area (Å²) >= 11 is 9.67. The molecule has 0 N–H and O–H groups in total. The van der Waals surface area contributed by atoms with Crippen LogP contribution in [0.4, 0.5) is 0 Å². The summed E-state index contributed by atoms with van der Waals surface area (Å²) in [5.41, 5.74) is 2.45. The van der Waals surface area contributed by atoms with Crippen LogP contribution in [0.2, 0.25) is 5.02 Å². The molecule has 1 heterocycles. The van der Waals surface area contributed by atoms with Crippen LogP contribution in [0.5, 0.6) is 0 Å². The summed E-state index contributed by atoms with van der Waals surface area (Å²) < 4.78 is 14.3. The highest BCUT2D eigenvalue weighted by Gasteiger charge is 2.47. The second-order valence-corrected chi connectivity index (χ2v) is 9.66. The van der Waals surface area contributed by atoms with E-state index in [-0.39, 0.29) is 12.0 Å². The Hall–Kier alpha value is -2.18. The van der Waals surface area contributed by atoms with Crippen LogP contribution in [0, 0.1) is 0 Å². The van der Waals surface area contributed by atoms with Crippen LogP contribution >= 0.6 is 27.5 Å². The highest BCUT2D eigenvalue weighted by molar-refractivity contribution is 9.10. The summed E-state index contributed by atoms with van der Waals surface area (Å²) in [7, 11) is 0. The van der Waals surface area contributed by atoms with E-state index >= 15 is 0 Å². The number of nitrogens with zero attached hydrogens (tertiary/aromatic N) is 1. The van der Waals surface area contributed by atoms with Crippen LogP contribution in [0.25, 0.3) is 0 Å². The average Bonchev–Trinajstić information content (AvgIpc) is 2.83. The molecule has 0 bridgehead atoms. The van der Waals surface area contributed by atoms with Crippen molar-refractivity contribution < 1.29 is 14.3 Å². The van der Waals surface area contributed by atoms with Crippen LogP contribution in [0.1, 0.15) is 30.0 Å². The molecule has 1 aliphatic rings. The van der Waals surface area contributed by atoms with Gasteiger partial charge in [0.15, 0.2) is 0 Å². The number of hydrogen-bond donors (Lipinski definition) is 0. The summed E-state index contributed by atoms with van der Waals surface area (Å²) in [6, 6.07) is 26.0. The van der Waals surface area contributed by atoms with E-state index in [2.05, 4.69) is 28.1 Å². The van der Waals surface area contributed by atoms with Crippen LogP contribution < -0.4 is 0 Å². The highest BCUT2D eigenvalue weighted by Crippen LogP contribution is 2.40. The SMILES string of the molecule is CC(=O)N1CC[C@](OCc2ccccc2)(c2ccc(Cl)cc2)[C@@H](OCc2ccc(Br)cc2)C1. The summed E-state index contributed by atoms with van der Waals surface area (Å²) in [6.45, 7) is 3.54. The number of benzene rings is 3. The number of piperidine rings is 1. The van der Waals surface area contributed by atoms with E-state index in [1.165, 1.54) is 0 Å². The molecule has 0 aromatic heterocycles. The lowest BCUT2D eigenvalue weighted by atomic mass is 9.81. The van der Waals surface area contributed by atoms with Crippen molar-refractivity contribution in [2.45, 2.75) is 38.3 Å². The quantitative estimate of drug-likeness (QED) is 0.359. The Morgan fingerprint density at radius 3 is 2.33 bits per heavy atom. The predicted octanol–water partition coefficient (Wildman–Crippen LogP) is 6.35. The van der Waals surface area contributed by atoms with Crippen molar-refractivity contribution in [3.8, 4) is 0 Å². The molecule has 33 heavy (non-hydrogen) atoms. The zero-order valence-electron chi connectivity index (χ0n) is 18.5. The number of carbonyl (C=O) groups excluding carboxylic acids is 1. The maximum Gasteiger partial charge on any atom is 0.219 e. The first-order valence-corrected chi connectivity index (χ1v) is 12.2. The Bertz CT molecular complexity index is 1060. The lowest BCUT2D eigenvalue weighted by molar-refractivity contribution is -0.195. The van der Waals surface area contributed by atoms with Gasteiger partial charge in [0.25, 0.3) is 0 Å². The molecule has 172 valence electrons. The lowest BCUT2D eigenvalue weighted by Crippen LogP contribution is -2.56. The van der Waals surface area contributed by atoms with Gasteiger partial charge in [-0.1, -0.05) is 82.1 Å². The molecule has 3 aromatic rings. The van der Waals surface area contributed by atoms with E-state index in [1.54, 1.807) is 6.92 Å². The van der Waals surface area contributed by atoms with Crippen LogP contribution in [-0.2, 0) is 33.1 Å². The topological polar surface area (TPSA) is 38.8 Å². The van der Waals surface area contributed by atoms with Crippen LogP contribution in [-0.4, -0.2) is 30.0 Å². The third kappa shape index (κ3) is 5.85. The molecular formula is C27H27BrClNO3. The summed E-state index contributed by atoms with van der Waals surface area (Å²) in [6.07, 6.45) is 0.287. The standard InChI is InChI=1S/C27H27BrClNO3/c1-20(31)30-16-15-27(23-9-13-25(29)14-10-23,33-19-21-5-3-2-4-6-21)26(17-30)32-18-22-7-11-24(28)12-8-22/h2-14,26H,15-19H2,1H3/t26-,27-/m0/s1. The van der Waals surface area contributed by atoms with Crippen molar-refractivity contribution in [3.63, 3.8) is 0 Å². The Kier molecular flexibility index (Phi) is 7.86. The molecule has 0 spiro atoms. The van der Waals surface area contributed by atoms with E-state index in [1.807, 2.05) is 71.6 Å². The molecule has 1 aliphatic heterocycles. The third-order valence-electron chi connectivity index (χ3n) is 6.14. The number of ether oxygens (including phenoxy) is 2. The molecule has 4 nitrogen and oxygen atoms in total. The number of amides is 1. The third-order valence-corrected chi connectivity index (χ3v) is 6.92. The van der Waals surface area contributed by atoms with Crippen LogP contribution in [0.3, 0.4) is 0 Å². The normalized spacial score (nSPS) is 20.6. The highest BCUT2D eigenvalue weighted by atomic mass is 79.9. The summed E-state index contributed by atoms with van der Waals surface area (Å²) in [5, 5.41) is 0.672. The maximum absolute atomic E-state index is 12.2. The summed E-state index contributed by atoms with van der Waals surface area (Å²) in [5.74, 6) is 0.0417. The number of likely N-dealkylation sites (tertiary alicyclic amines) is 1. The van der Waals surface area contributed by atoms with Gasteiger partial charge in [-0.15, -0.1) is 0 Å². The molecule has 1 amide bonds. The van der Waals surface area contributed by atoms with E-state index < -0.39 is 5.60 Å². The van der Waals surface area contributed by atoms with Crippen molar-refractivity contribution in [1.29, 1.82) is 0 Å². The van der Waals surface area contributed by atoms with E-state index in [0.29, 0.717) is 37.7 Å². The van der Waals surface area contributed by atoms with Gasteiger partial charge in [-0.25, -0.2) is 0 Å². The first kappa shape index (κ1) is 24.0. The summed E-state index contributed by atoms with van der Waals surface area (Å²) in [4.78, 5) is 14.1. The molecule has 0 saturated carbocycles. The maximum atomic E-state index is 12.2. The largest absolute Gasteiger partial charge is 0.368 e. The first-order chi connectivity index (χ1) is 16.0. The van der Waals surface area contributed by atoms with Gasteiger partial charge in [0, 0.05) is 29.4 Å². The fourth-order valence-corrected chi connectivity index (χ4v) is 4.64. The van der Waals surface area contributed by atoms with Crippen molar-refractivity contribution in [1.82, 2.24) is 4.90 Å². The zero-order valence-corrected chi connectivity index (χ0v) is 20.9. The first-order valence-electron chi connectivity index (χ1n) is 11.0. The number of carbonyl (C=O) groups is 1. The predicted molar refractivity (Wildman–Crippen MR) is 134 cm³/mol. The average molecular weight is 529 g/mol. The smallest absolute Gasteiger partial charge is 0.219 e. The minimum Gasteiger partial charge on any atom is -0.368 e. The van der Waals surface area contributed by atoms with Gasteiger partial charge in [0.1, 0.15) is 11.7 Å². The minimum absolute atomic E-state index is 0.0417. The van der Waals surface area contributed by atoms with Gasteiger partial charge >= 0.3 is 0 Å². The van der Waals surface area contributed by atoms with Gasteiger partial charge in [-0.05, 0) is 41.0 Å². The molecule has 1 fully saturated rings. The Labute approximate surface area is 208 Å². The molecule has 0 unspecified atom stereocenters. The Balaban J connectivity index is 1.66. The molecular weight excluding hydrogens is 502 g/mol. The fraction of sp³-hybridized carbons (Fsp3) is 0.296. The van der Waals surface area contributed by atoms with Gasteiger partial charge < -0.3 is 14.4 Å². The van der Waals surface area contributed by atoms with Gasteiger partial charge in [0.2, 0.25) is 5.91 Å². The second kappa shape index (κ2) is 10.8. The van der Waals surface area contributed by atoms with E-state index in [4.69, 9.17) is 21.1 Å². The molecule has 6 heteroatoms.